The van der Waals surface area contributed by atoms with E-state index in [2.05, 4.69) is 5.43 Å². The Hall–Kier alpha value is -0.120. The number of nitrogens with two attached hydrogens (primary N) is 1. The first-order valence-electron chi connectivity index (χ1n) is 4.32. The van der Waals surface area contributed by atoms with Crippen LogP contribution in [0, 0.1) is 5.92 Å². The van der Waals surface area contributed by atoms with E-state index in [1.54, 1.807) is 7.11 Å². The molecule has 0 aliphatic heterocycles. The SMILES string of the molecule is COCC(CCC1CC1)NN. The largest absolute Gasteiger partial charge is 0.383 e. The van der Waals surface area contributed by atoms with Gasteiger partial charge in [0, 0.05) is 13.2 Å². The molecule has 3 N–H and O–H groups in total. The van der Waals surface area contributed by atoms with Crippen LogP contribution in [0.5, 0.6) is 0 Å². The first-order valence-corrected chi connectivity index (χ1v) is 4.32. The first-order chi connectivity index (χ1) is 5.36. The Labute approximate surface area is 68.3 Å². The number of hydrogen-bond donors (Lipinski definition) is 2. The quantitative estimate of drug-likeness (QED) is 0.441. The normalized spacial score (nSPS) is 20.2. The van der Waals surface area contributed by atoms with Gasteiger partial charge in [-0.3, -0.25) is 11.3 Å². The highest BCUT2D eigenvalue weighted by Gasteiger charge is 2.21. The fraction of sp³-hybridized carbons (Fsp3) is 1.00. The standard InChI is InChI=1S/C8H18N2O/c1-11-6-8(10-9)5-4-7-2-3-7/h7-8,10H,2-6,9H2,1H3. The molecule has 66 valence electrons. The smallest absolute Gasteiger partial charge is 0.0629 e. The predicted molar refractivity (Wildman–Crippen MR) is 44.9 cm³/mol. The lowest BCUT2D eigenvalue weighted by molar-refractivity contribution is 0.161. The summed E-state index contributed by atoms with van der Waals surface area (Å²) in [5.41, 5.74) is 2.76. The molecule has 0 aromatic carbocycles. The summed E-state index contributed by atoms with van der Waals surface area (Å²) in [6, 6.07) is 0.348. The van der Waals surface area contributed by atoms with Gasteiger partial charge >= 0.3 is 0 Å². The monoisotopic (exact) mass is 158 g/mol. The third kappa shape index (κ3) is 3.70. The van der Waals surface area contributed by atoms with Crippen LogP contribution < -0.4 is 11.3 Å². The van der Waals surface area contributed by atoms with Gasteiger partial charge in [0.25, 0.3) is 0 Å². The van der Waals surface area contributed by atoms with Crippen LogP contribution in [0.3, 0.4) is 0 Å². The van der Waals surface area contributed by atoms with E-state index in [1.165, 1.54) is 19.3 Å². The lowest BCUT2D eigenvalue weighted by atomic mass is 10.1. The van der Waals surface area contributed by atoms with Crippen LogP contribution in [0.4, 0.5) is 0 Å². The molecular formula is C8H18N2O. The van der Waals surface area contributed by atoms with Crippen molar-refractivity contribution in [2.45, 2.75) is 31.7 Å². The molecule has 11 heavy (non-hydrogen) atoms. The molecule has 0 spiro atoms. The Kier molecular flexibility index (Phi) is 3.83. The summed E-state index contributed by atoms with van der Waals surface area (Å²) >= 11 is 0. The van der Waals surface area contributed by atoms with E-state index in [0.29, 0.717) is 6.04 Å². The van der Waals surface area contributed by atoms with Crippen LogP contribution in [-0.2, 0) is 4.74 Å². The molecule has 0 aromatic heterocycles. The van der Waals surface area contributed by atoms with Gasteiger partial charge in [-0.1, -0.05) is 12.8 Å². The Morgan fingerprint density at radius 3 is 2.82 bits per heavy atom. The lowest BCUT2D eigenvalue weighted by Gasteiger charge is -2.13. The molecule has 1 saturated carbocycles. The third-order valence-electron chi connectivity index (χ3n) is 2.22. The van der Waals surface area contributed by atoms with Crippen molar-refractivity contribution in [3.63, 3.8) is 0 Å². The molecule has 1 unspecified atom stereocenters. The van der Waals surface area contributed by atoms with E-state index >= 15 is 0 Å². The van der Waals surface area contributed by atoms with Crippen molar-refractivity contribution in [1.82, 2.24) is 5.43 Å². The van der Waals surface area contributed by atoms with E-state index < -0.39 is 0 Å². The van der Waals surface area contributed by atoms with E-state index in [-0.39, 0.29) is 0 Å². The second-order valence-corrected chi connectivity index (χ2v) is 3.34. The van der Waals surface area contributed by atoms with Crippen molar-refractivity contribution in [2.75, 3.05) is 13.7 Å². The molecule has 3 heteroatoms. The van der Waals surface area contributed by atoms with Gasteiger partial charge in [-0.2, -0.15) is 0 Å². The zero-order valence-corrected chi connectivity index (χ0v) is 7.18. The average Bonchev–Trinajstić information content (AvgIpc) is 2.81. The highest BCUT2D eigenvalue weighted by atomic mass is 16.5. The van der Waals surface area contributed by atoms with Gasteiger partial charge in [-0.15, -0.1) is 0 Å². The molecule has 1 fully saturated rings. The van der Waals surface area contributed by atoms with Crippen molar-refractivity contribution < 1.29 is 4.74 Å². The molecule has 1 aliphatic rings. The maximum atomic E-state index is 5.34. The fourth-order valence-corrected chi connectivity index (χ4v) is 1.26. The molecule has 0 bridgehead atoms. The zero-order chi connectivity index (χ0) is 8.10. The molecule has 0 saturated heterocycles. The van der Waals surface area contributed by atoms with Crippen molar-refractivity contribution in [3.05, 3.63) is 0 Å². The first kappa shape index (κ1) is 8.97. The second kappa shape index (κ2) is 4.70. The summed E-state index contributed by atoms with van der Waals surface area (Å²) in [5, 5.41) is 0. The van der Waals surface area contributed by atoms with Crippen molar-refractivity contribution in [2.24, 2.45) is 11.8 Å². The van der Waals surface area contributed by atoms with Gasteiger partial charge in [0.15, 0.2) is 0 Å². The summed E-state index contributed by atoms with van der Waals surface area (Å²) in [7, 11) is 1.71. The molecular weight excluding hydrogens is 140 g/mol. The van der Waals surface area contributed by atoms with Gasteiger partial charge in [-0.05, 0) is 18.8 Å². The Bertz CT molecular complexity index is 104. The number of nitrogens with one attached hydrogen (secondary N) is 1. The van der Waals surface area contributed by atoms with E-state index in [1.807, 2.05) is 0 Å². The van der Waals surface area contributed by atoms with Crippen LogP contribution in [0.25, 0.3) is 0 Å². The highest BCUT2D eigenvalue weighted by molar-refractivity contribution is 4.75. The van der Waals surface area contributed by atoms with Gasteiger partial charge in [-0.25, -0.2) is 0 Å². The summed E-state index contributed by atoms with van der Waals surface area (Å²) in [6.07, 6.45) is 5.29. The average molecular weight is 158 g/mol. The minimum absolute atomic E-state index is 0.348. The maximum absolute atomic E-state index is 5.34. The van der Waals surface area contributed by atoms with Gasteiger partial charge in [0.2, 0.25) is 0 Å². The Balaban J connectivity index is 1.98. The van der Waals surface area contributed by atoms with Crippen LogP contribution in [0.1, 0.15) is 25.7 Å². The van der Waals surface area contributed by atoms with Crippen LogP contribution in [0.2, 0.25) is 0 Å². The summed E-state index contributed by atoms with van der Waals surface area (Å²) < 4.78 is 5.01. The van der Waals surface area contributed by atoms with Crippen LogP contribution in [0.15, 0.2) is 0 Å². The highest BCUT2D eigenvalue weighted by Crippen LogP contribution is 2.33. The molecule has 3 nitrogen and oxygen atoms in total. The second-order valence-electron chi connectivity index (χ2n) is 3.34. The van der Waals surface area contributed by atoms with E-state index in [4.69, 9.17) is 10.6 Å². The molecule has 1 rings (SSSR count). The summed E-state index contributed by atoms with van der Waals surface area (Å²) in [6.45, 7) is 0.725. The topological polar surface area (TPSA) is 47.3 Å². The third-order valence-corrected chi connectivity index (χ3v) is 2.22. The predicted octanol–water partition coefficient (Wildman–Crippen LogP) is 0.655. The fourth-order valence-electron chi connectivity index (χ4n) is 1.26. The Morgan fingerprint density at radius 2 is 2.36 bits per heavy atom. The van der Waals surface area contributed by atoms with Crippen molar-refractivity contribution in [1.29, 1.82) is 0 Å². The van der Waals surface area contributed by atoms with Crippen LogP contribution >= 0.6 is 0 Å². The van der Waals surface area contributed by atoms with Crippen molar-refractivity contribution in [3.8, 4) is 0 Å². The Morgan fingerprint density at radius 1 is 1.64 bits per heavy atom. The molecule has 0 radical (unpaired) electrons. The molecule has 0 heterocycles. The van der Waals surface area contributed by atoms with Crippen LogP contribution in [-0.4, -0.2) is 19.8 Å². The van der Waals surface area contributed by atoms with Gasteiger partial charge in [0.1, 0.15) is 0 Å². The molecule has 1 atom stereocenters. The van der Waals surface area contributed by atoms with E-state index in [9.17, 15) is 0 Å². The summed E-state index contributed by atoms with van der Waals surface area (Å²) in [4.78, 5) is 0. The lowest BCUT2D eigenvalue weighted by Crippen LogP contribution is -2.38. The summed E-state index contributed by atoms with van der Waals surface area (Å²) in [5.74, 6) is 6.32. The van der Waals surface area contributed by atoms with Crippen molar-refractivity contribution >= 4 is 0 Å². The molecule has 0 amide bonds. The zero-order valence-electron chi connectivity index (χ0n) is 7.18. The number of rotatable bonds is 6. The van der Waals surface area contributed by atoms with Gasteiger partial charge in [0.05, 0.1) is 6.61 Å². The minimum atomic E-state index is 0.348. The maximum Gasteiger partial charge on any atom is 0.0629 e. The number of hydrogen-bond acceptors (Lipinski definition) is 3. The molecule has 0 aromatic rings. The number of hydrazine groups is 1. The minimum Gasteiger partial charge on any atom is -0.383 e. The number of ether oxygens (including phenoxy) is 1. The van der Waals surface area contributed by atoms with E-state index in [0.717, 1.165) is 18.9 Å². The number of methoxy groups -OCH3 is 1. The molecule has 1 aliphatic carbocycles. The van der Waals surface area contributed by atoms with Gasteiger partial charge < -0.3 is 4.74 Å².